The van der Waals surface area contributed by atoms with Gasteiger partial charge in [-0.05, 0) is 29.8 Å². The molecule has 0 bridgehead atoms. The molecule has 3 rings (SSSR count). The lowest BCUT2D eigenvalue weighted by Crippen LogP contribution is -2.34. The highest BCUT2D eigenvalue weighted by atomic mass is 19.2. The molecule has 1 amide bonds. The Morgan fingerprint density at radius 3 is 2.71 bits per heavy atom. The van der Waals surface area contributed by atoms with Crippen LogP contribution in [0.1, 0.15) is 12.0 Å². The maximum Gasteiger partial charge on any atom is 0.224 e. The first kappa shape index (κ1) is 16.2. The van der Waals surface area contributed by atoms with E-state index in [1.165, 1.54) is 6.07 Å². The van der Waals surface area contributed by atoms with E-state index in [1.807, 2.05) is 24.3 Å². The molecular formula is C18H17F2NO3. The van der Waals surface area contributed by atoms with E-state index >= 15 is 0 Å². The normalized spacial score (nSPS) is 15.8. The molecule has 6 heteroatoms. The summed E-state index contributed by atoms with van der Waals surface area (Å²) < 4.78 is 37.3. The molecule has 0 fully saturated rings. The number of carbonyl (C=O) groups is 1. The molecule has 2 aromatic rings. The molecule has 0 spiro atoms. The average molecular weight is 333 g/mol. The van der Waals surface area contributed by atoms with Gasteiger partial charge in [0.15, 0.2) is 23.1 Å². The minimum atomic E-state index is -0.952. The summed E-state index contributed by atoms with van der Waals surface area (Å²) in [5, 5.41) is 2.75. The van der Waals surface area contributed by atoms with Crippen LogP contribution in [0.4, 0.5) is 8.78 Å². The maximum absolute atomic E-state index is 13.1. The molecule has 2 aromatic carbocycles. The lowest BCUT2D eigenvalue weighted by molar-refractivity contribution is -0.120. The number of carbonyl (C=O) groups excluding carboxylic acids is 1. The van der Waals surface area contributed by atoms with E-state index in [4.69, 9.17) is 9.47 Å². The third kappa shape index (κ3) is 4.01. The zero-order valence-electron chi connectivity index (χ0n) is 12.9. The Morgan fingerprint density at radius 2 is 1.92 bits per heavy atom. The number of nitrogens with one attached hydrogen (secondary N) is 1. The summed E-state index contributed by atoms with van der Waals surface area (Å²) in [6.07, 6.45) is 0.461. The summed E-state index contributed by atoms with van der Waals surface area (Å²) in [4.78, 5) is 11.8. The number of hydrogen-bond acceptors (Lipinski definition) is 3. The van der Waals surface area contributed by atoms with Crippen LogP contribution in [0.2, 0.25) is 0 Å². The number of para-hydroxylation sites is 2. The SMILES string of the molecule is O=C(Cc1ccc(F)c(F)c1)NCC[C@H]1COc2ccccc2O1. The largest absolute Gasteiger partial charge is 0.486 e. The van der Waals surface area contributed by atoms with E-state index in [-0.39, 0.29) is 18.4 Å². The molecule has 24 heavy (non-hydrogen) atoms. The summed E-state index contributed by atoms with van der Waals surface area (Å²) in [6, 6.07) is 10.9. The summed E-state index contributed by atoms with van der Waals surface area (Å²) in [7, 11) is 0. The van der Waals surface area contributed by atoms with Crippen molar-refractivity contribution in [3.05, 3.63) is 59.7 Å². The molecule has 0 saturated heterocycles. The van der Waals surface area contributed by atoms with E-state index in [2.05, 4.69) is 5.32 Å². The Hall–Kier alpha value is -2.63. The van der Waals surface area contributed by atoms with Gasteiger partial charge in [-0.2, -0.15) is 0 Å². The Bertz CT molecular complexity index is 736. The first-order valence-corrected chi connectivity index (χ1v) is 7.71. The minimum absolute atomic E-state index is 0.00204. The number of hydrogen-bond donors (Lipinski definition) is 1. The number of fused-ring (bicyclic) bond motifs is 1. The third-order valence-corrected chi connectivity index (χ3v) is 3.70. The zero-order chi connectivity index (χ0) is 16.9. The molecule has 126 valence electrons. The predicted molar refractivity (Wildman–Crippen MR) is 84.0 cm³/mol. The van der Waals surface area contributed by atoms with Crippen molar-refractivity contribution in [2.75, 3.05) is 13.2 Å². The first-order valence-electron chi connectivity index (χ1n) is 7.71. The zero-order valence-corrected chi connectivity index (χ0v) is 12.9. The molecule has 0 aromatic heterocycles. The van der Waals surface area contributed by atoms with Crippen molar-refractivity contribution < 1.29 is 23.0 Å². The van der Waals surface area contributed by atoms with E-state index in [0.29, 0.717) is 30.9 Å². The third-order valence-electron chi connectivity index (χ3n) is 3.70. The summed E-state index contributed by atoms with van der Waals surface area (Å²) >= 11 is 0. The summed E-state index contributed by atoms with van der Waals surface area (Å²) in [5.74, 6) is -0.711. The Labute approximate surface area is 138 Å². The quantitative estimate of drug-likeness (QED) is 0.915. The lowest BCUT2D eigenvalue weighted by Gasteiger charge is -2.26. The van der Waals surface area contributed by atoms with Gasteiger partial charge in [0, 0.05) is 13.0 Å². The van der Waals surface area contributed by atoms with Gasteiger partial charge in [-0.25, -0.2) is 8.78 Å². The topological polar surface area (TPSA) is 47.6 Å². The van der Waals surface area contributed by atoms with Gasteiger partial charge in [-0.3, -0.25) is 4.79 Å². The molecule has 0 aliphatic carbocycles. The molecule has 1 N–H and O–H groups in total. The smallest absolute Gasteiger partial charge is 0.224 e. The fourth-order valence-electron chi connectivity index (χ4n) is 2.48. The minimum Gasteiger partial charge on any atom is -0.486 e. The van der Waals surface area contributed by atoms with Crippen molar-refractivity contribution in [2.24, 2.45) is 0 Å². The van der Waals surface area contributed by atoms with Crippen LogP contribution in [0.15, 0.2) is 42.5 Å². The highest BCUT2D eigenvalue weighted by molar-refractivity contribution is 5.78. The van der Waals surface area contributed by atoms with Crippen LogP contribution in [-0.2, 0) is 11.2 Å². The second-order valence-electron chi connectivity index (χ2n) is 5.56. The van der Waals surface area contributed by atoms with Gasteiger partial charge >= 0.3 is 0 Å². The molecule has 1 aliphatic rings. The van der Waals surface area contributed by atoms with E-state index in [1.54, 1.807) is 0 Å². The average Bonchev–Trinajstić information content (AvgIpc) is 2.58. The van der Waals surface area contributed by atoms with Gasteiger partial charge in [-0.1, -0.05) is 18.2 Å². The van der Waals surface area contributed by atoms with Crippen molar-refractivity contribution in [3.8, 4) is 11.5 Å². The van der Waals surface area contributed by atoms with E-state index in [0.717, 1.165) is 17.9 Å². The monoisotopic (exact) mass is 333 g/mol. The van der Waals surface area contributed by atoms with Crippen molar-refractivity contribution in [1.82, 2.24) is 5.32 Å². The number of ether oxygens (including phenoxy) is 2. The van der Waals surface area contributed by atoms with Crippen LogP contribution in [0, 0.1) is 11.6 Å². The first-order chi connectivity index (χ1) is 11.6. The van der Waals surface area contributed by atoms with Crippen LogP contribution >= 0.6 is 0 Å². The van der Waals surface area contributed by atoms with Crippen LogP contribution in [0.25, 0.3) is 0 Å². The van der Waals surface area contributed by atoms with Crippen LogP contribution in [0.3, 0.4) is 0 Å². The fraction of sp³-hybridized carbons (Fsp3) is 0.278. The van der Waals surface area contributed by atoms with Crippen molar-refractivity contribution >= 4 is 5.91 Å². The van der Waals surface area contributed by atoms with Gasteiger partial charge in [0.25, 0.3) is 0 Å². The Balaban J connectivity index is 1.43. The van der Waals surface area contributed by atoms with Crippen LogP contribution in [-0.4, -0.2) is 25.2 Å². The van der Waals surface area contributed by atoms with Gasteiger partial charge in [0.1, 0.15) is 12.7 Å². The van der Waals surface area contributed by atoms with Crippen LogP contribution in [0.5, 0.6) is 11.5 Å². The molecule has 0 unspecified atom stereocenters. The van der Waals surface area contributed by atoms with Gasteiger partial charge < -0.3 is 14.8 Å². The van der Waals surface area contributed by atoms with Crippen molar-refractivity contribution in [3.63, 3.8) is 0 Å². The number of halogens is 2. The van der Waals surface area contributed by atoms with E-state index in [9.17, 15) is 13.6 Å². The summed E-state index contributed by atoms with van der Waals surface area (Å²) in [6.45, 7) is 0.842. The molecule has 1 aliphatic heterocycles. The molecule has 0 saturated carbocycles. The van der Waals surface area contributed by atoms with Crippen molar-refractivity contribution in [1.29, 1.82) is 0 Å². The molecular weight excluding hydrogens is 316 g/mol. The molecule has 1 heterocycles. The number of amides is 1. The highest BCUT2D eigenvalue weighted by Gasteiger charge is 2.20. The number of rotatable bonds is 5. The molecule has 4 nitrogen and oxygen atoms in total. The van der Waals surface area contributed by atoms with Gasteiger partial charge in [0.05, 0.1) is 6.42 Å². The van der Waals surface area contributed by atoms with Crippen molar-refractivity contribution in [2.45, 2.75) is 18.9 Å². The standard InChI is InChI=1S/C18H17F2NO3/c19-14-6-5-12(9-15(14)20)10-18(22)21-8-7-13-11-23-16-3-1-2-4-17(16)24-13/h1-6,9,13H,7-8,10-11H2,(H,21,22)/t13-/m0/s1. The molecule has 0 radical (unpaired) electrons. The Kier molecular flexibility index (Phi) is 4.93. The fourth-order valence-corrected chi connectivity index (χ4v) is 2.48. The molecule has 1 atom stereocenters. The highest BCUT2D eigenvalue weighted by Crippen LogP contribution is 2.31. The van der Waals surface area contributed by atoms with Crippen LogP contribution < -0.4 is 14.8 Å². The second-order valence-corrected chi connectivity index (χ2v) is 5.56. The Morgan fingerprint density at radius 1 is 1.12 bits per heavy atom. The van der Waals surface area contributed by atoms with E-state index < -0.39 is 11.6 Å². The second kappa shape index (κ2) is 7.29. The summed E-state index contributed by atoms with van der Waals surface area (Å²) in [5.41, 5.74) is 0.428. The van der Waals surface area contributed by atoms with Gasteiger partial charge in [0.2, 0.25) is 5.91 Å². The van der Waals surface area contributed by atoms with Gasteiger partial charge in [-0.15, -0.1) is 0 Å². The maximum atomic E-state index is 13.1. The number of benzene rings is 2. The predicted octanol–water partition coefficient (Wildman–Crippen LogP) is 2.85. The lowest BCUT2D eigenvalue weighted by atomic mass is 10.1.